The molecule has 0 saturated heterocycles. The molecule has 0 aliphatic heterocycles. The summed E-state index contributed by atoms with van der Waals surface area (Å²) < 4.78 is 5.49. The lowest BCUT2D eigenvalue weighted by atomic mass is 10.1. The van der Waals surface area contributed by atoms with E-state index in [4.69, 9.17) is 10.00 Å². The van der Waals surface area contributed by atoms with Crippen molar-refractivity contribution in [2.45, 2.75) is 51.5 Å². The molecule has 0 aromatic carbocycles. The van der Waals surface area contributed by atoms with Gasteiger partial charge >= 0.3 is 0 Å². The van der Waals surface area contributed by atoms with Gasteiger partial charge in [-0.3, -0.25) is 0 Å². The molecule has 92 valence electrons. The molecule has 16 heavy (non-hydrogen) atoms. The van der Waals surface area contributed by atoms with Crippen LogP contribution < -0.4 is 5.32 Å². The Bertz CT molecular complexity index is 212. The van der Waals surface area contributed by atoms with Gasteiger partial charge in [-0.2, -0.15) is 5.26 Å². The first kappa shape index (κ1) is 13.5. The Kier molecular flexibility index (Phi) is 7.20. The Morgan fingerprint density at radius 3 is 2.88 bits per heavy atom. The fraction of sp³-hybridized carbons (Fsp3) is 0.923. The second-order valence-electron chi connectivity index (χ2n) is 4.55. The van der Waals surface area contributed by atoms with Gasteiger partial charge in [-0.15, -0.1) is 0 Å². The first-order valence-electron chi connectivity index (χ1n) is 6.59. The Morgan fingerprint density at radius 1 is 1.31 bits per heavy atom. The minimum absolute atomic E-state index is 0.237. The number of ether oxygens (including phenoxy) is 1. The van der Waals surface area contributed by atoms with Gasteiger partial charge in [0.15, 0.2) is 0 Å². The molecule has 0 aromatic rings. The predicted molar refractivity (Wildman–Crippen MR) is 65.1 cm³/mol. The highest BCUT2D eigenvalue weighted by Crippen LogP contribution is 2.24. The number of nitrogens with one attached hydrogen (secondary N) is 1. The summed E-state index contributed by atoms with van der Waals surface area (Å²) in [6, 6.07) is 2.82. The smallest absolute Gasteiger partial charge is 0.0672 e. The average Bonchev–Trinajstić information content (AvgIpc) is 2.75. The molecule has 1 aliphatic carbocycles. The van der Waals surface area contributed by atoms with Gasteiger partial charge in [-0.1, -0.05) is 19.8 Å². The molecule has 1 aliphatic rings. The highest BCUT2D eigenvalue weighted by Gasteiger charge is 2.25. The van der Waals surface area contributed by atoms with E-state index in [-0.39, 0.29) is 5.92 Å². The van der Waals surface area contributed by atoms with Crippen molar-refractivity contribution in [3.8, 4) is 6.07 Å². The molecule has 0 aromatic heterocycles. The molecule has 3 nitrogen and oxygen atoms in total. The van der Waals surface area contributed by atoms with Crippen LogP contribution in [0, 0.1) is 17.2 Å². The number of nitrogens with zero attached hydrogens (tertiary/aromatic N) is 1. The number of nitriles is 1. The van der Waals surface area contributed by atoms with Crippen molar-refractivity contribution in [1.29, 1.82) is 5.26 Å². The number of hydrogen-bond donors (Lipinski definition) is 1. The Hall–Kier alpha value is -0.590. The lowest BCUT2D eigenvalue weighted by Gasteiger charge is -2.15. The van der Waals surface area contributed by atoms with Gasteiger partial charge in [0.2, 0.25) is 0 Å². The monoisotopic (exact) mass is 224 g/mol. The van der Waals surface area contributed by atoms with Gasteiger partial charge < -0.3 is 10.1 Å². The van der Waals surface area contributed by atoms with Gasteiger partial charge in [0.05, 0.1) is 12.0 Å². The van der Waals surface area contributed by atoms with Crippen molar-refractivity contribution in [2.75, 3.05) is 19.8 Å². The van der Waals surface area contributed by atoms with Crippen LogP contribution in [0.4, 0.5) is 0 Å². The quantitative estimate of drug-likeness (QED) is 0.644. The maximum atomic E-state index is 8.92. The minimum Gasteiger partial charge on any atom is -0.381 e. The normalized spacial score (nSPS) is 24.5. The fourth-order valence-electron chi connectivity index (χ4n) is 2.17. The molecule has 0 bridgehead atoms. The summed E-state index contributed by atoms with van der Waals surface area (Å²) in [5.74, 6) is 0.237. The maximum absolute atomic E-state index is 8.92. The molecular formula is C13H24N2O. The molecule has 2 unspecified atom stereocenters. The second-order valence-corrected chi connectivity index (χ2v) is 4.55. The first-order valence-corrected chi connectivity index (χ1v) is 6.59. The second kappa shape index (κ2) is 8.55. The van der Waals surface area contributed by atoms with Gasteiger partial charge in [0.1, 0.15) is 0 Å². The van der Waals surface area contributed by atoms with Crippen LogP contribution in [0.25, 0.3) is 0 Å². The summed E-state index contributed by atoms with van der Waals surface area (Å²) in [6.45, 7) is 4.89. The summed E-state index contributed by atoms with van der Waals surface area (Å²) in [4.78, 5) is 0. The lowest BCUT2D eigenvalue weighted by molar-refractivity contribution is 0.128. The molecule has 0 spiro atoms. The zero-order valence-electron chi connectivity index (χ0n) is 10.4. The maximum Gasteiger partial charge on any atom is 0.0672 e. The number of rotatable bonds is 8. The highest BCUT2D eigenvalue weighted by atomic mass is 16.5. The van der Waals surface area contributed by atoms with Crippen LogP contribution in [0.5, 0.6) is 0 Å². The summed E-state index contributed by atoms with van der Waals surface area (Å²) in [5, 5.41) is 12.4. The van der Waals surface area contributed by atoms with Crippen molar-refractivity contribution >= 4 is 0 Å². The molecular weight excluding hydrogens is 200 g/mol. The minimum atomic E-state index is 0.237. The molecule has 1 saturated carbocycles. The predicted octanol–water partition coefficient (Wildman–Crippen LogP) is 2.48. The third-order valence-corrected chi connectivity index (χ3v) is 3.20. The zero-order chi connectivity index (χ0) is 11.6. The van der Waals surface area contributed by atoms with E-state index in [1.165, 1.54) is 12.8 Å². The largest absolute Gasteiger partial charge is 0.381 e. The number of unbranched alkanes of at least 4 members (excludes halogenated alkanes) is 1. The van der Waals surface area contributed by atoms with E-state index in [0.29, 0.717) is 6.04 Å². The Morgan fingerprint density at radius 2 is 2.12 bits per heavy atom. The fourth-order valence-corrected chi connectivity index (χ4v) is 2.17. The molecule has 0 heterocycles. The summed E-state index contributed by atoms with van der Waals surface area (Å²) >= 11 is 0. The van der Waals surface area contributed by atoms with Gasteiger partial charge in [0.25, 0.3) is 0 Å². The lowest BCUT2D eigenvalue weighted by Crippen LogP contribution is -2.32. The summed E-state index contributed by atoms with van der Waals surface area (Å²) in [7, 11) is 0. The van der Waals surface area contributed by atoms with E-state index < -0.39 is 0 Å². The Labute approximate surface area is 99.2 Å². The van der Waals surface area contributed by atoms with Gasteiger partial charge in [-0.25, -0.2) is 0 Å². The van der Waals surface area contributed by atoms with E-state index >= 15 is 0 Å². The van der Waals surface area contributed by atoms with E-state index in [9.17, 15) is 0 Å². The van der Waals surface area contributed by atoms with Crippen LogP contribution in [0.2, 0.25) is 0 Å². The van der Waals surface area contributed by atoms with Crippen LogP contribution in [0.3, 0.4) is 0 Å². The zero-order valence-corrected chi connectivity index (χ0v) is 10.4. The van der Waals surface area contributed by atoms with Crippen molar-refractivity contribution in [2.24, 2.45) is 5.92 Å². The Balaban J connectivity index is 1.93. The van der Waals surface area contributed by atoms with Crippen LogP contribution in [0.1, 0.15) is 45.4 Å². The highest BCUT2D eigenvalue weighted by molar-refractivity contribution is 4.96. The number of hydrogen-bond acceptors (Lipinski definition) is 3. The van der Waals surface area contributed by atoms with Crippen LogP contribution in [-0.4, -0.2) is 25.8 Å². The third-order valence-electron chi connectivity index (χ3n) is 3.20. The van der Waals surface area contributed by atoms with Crippen molar-refractivity contribution in [1.82, 2.24) is 5.32 Å². The van der Waals surface area contributed by atoms with Crippen LogP contribution in [0.15, 0.2) is 0 Å². The molecule has 1 rings (SSSR count). The first-order chi connectivity index (χ1) is 7.88. The molecule has 3 heteroatoms. The molecule has 1 fully saturated rings. The van der Waals surface area contributed by atoms with E-state index in [0.717, 1.165) is 45.4 Å². The van der Waals surface area contributed by atoms with E-state index in [1.807, 2.05) is 0 Å². The van der Waals surface area contributed by atoms with E-state index in [1.54, 1.807) is 0 Å². The van der Waals surface area contributed by atoms with Gasteiger partial charge in [-0.05, 0) is 32.2 Å². The molecule has 0 radical (unpaired) electrons. The summed E-state index contributed by atoms with van der Waals surface area (Å²) in [6.07, 6.45) is 6.84. The van der Waals surface area contributed by atoms with E-state index in [2.05, 4.69) is 18.3 Å². The van der Waals surface area contributed by atoms with Crippen LogP contribution in [-0.2, 0) is 4.74 Å². The standard InChI is InChI=1S/C13H24N2O/c1-2-3-9-16-10-5-8-15-13-7-4-6-12(13)11-14/h12-13,15H,2-10H2,1H3. The summed E-state index contributed by atoms with van der Waals surface area (Å²) in [5.41, 5.74) is 0. The SMILES string of the molecule is CCCCOCCCNC1CCCC1C#N. The van der Waals surface area contributed by atoms with Crippen LogP contribution >= 0.6 is 0 Å². The molecule has 2 atom stereocenters. The van der Waals surface area contributed by atoms with Crippen molar-refractivity contribution in [3.63, 3.8) is 0 Å². The topological polar surface area (TPSA) is 45.0 Å². The van der Waals surface area contributed by atoms with Crippen molar-refractivity contribution < 1.29 is 4.74 Å². The molecule has 1 N–H and O–H groups in total. The van der Waals surface area contributed by atoms with Gasteiger partial charge in [0, 0.05) is 19.3 Å². The van der Waals surface area contributed by atoms with Crippen molar-refractivity contribution in [3.05, 3.63) is 0 Å². The average molecular weight is 224 g/mol. The molecule has 0 amide bonds. The third kappa shape index (κ3) is 4.96.